The van der Waals surface area contributed by atoms with Crippen LogP contribution in [-0.2, 0) is 5.41 Å². The summed E-state index contributed by atoms with van der Waals surface area (Å²) >= 11 is 0. The van der Waals surface area contributed by atoms with Crippen molar-refractivity contribution in [1.29, 1.82) is 0 Å². The third kappa shape index (κ3) is 6.81. The zero-order valence-electron chi connectivity index (χ0n) is 27.1. The van der Waals surface area contributed by atoms with Crippen molar-refractivity contribution in [1.82, 2.24) is 4.90 Å². The molecule has 4 aromatic rings. The highest BCUT2D eigenvalue weighted by molar-refractivity contribution is 5.83. The van der Waals surface area contributed by atoms with Gasteiger partial charge in [0, 0.05) is 42.2 Å². The van der Waals surface area contributed by atoms with Gasteiger partial charge in [0.25, 0.3) is 0 Å². The molecule has 0 heterocycles. The fourth-order valence-corrected chi connectivity index (χ4v) is 6.56. The van der Waals surface area contributed by atoms with Crippen LogP contribution in [-0.4, -0.2) is 11.4 Å². The second-order valence-electron chi connectivity index (χ2n) is 12.5. The fraction of sp³-hybridized carbons (Fsp3) is 0.209. The average molecular weight is 589 g/mol. The number of nitrogens with one attached hydrogen (secondary N) is 1. The van der Waals surface area contributed by atoms with Crippen LogP contribution >= 0.6 is 0 Å². The summed E-state index contributed by atoms with van der Waals surface area (Å²) in [4.78, 5) is 2.35. The lowest BCUT2D eigenvalue weighted by Crippen LogP contribution is -2.28. The molecule has 0 spiro atoms. The lowest BCUT2D eigenvalue weighted by molar-refractivity contribution is 0.424. The second kappa shape index (κ2) is 13.4. The van der Waals surface area contributed by atoms with Crippen molar-refractivity contribution < 1.29 is 0 Å². The third-order valence-corrected chi connectivity index (χ3v) is 9.20. The van der Waals surface area contributed by atoms with Crippen molar-refractivity contribution in [2.75, 3.05) is 11.9 Å². The predicted octanol–water partition coefficient (Wildman–Crippen LogP) is 11.4. The first-order valence-electron chi connectivity index (χ1n) is 16.3. The summed E-state index contributed by atoms with van der Waals surface area (Å²) in [5.41, 5.74) is 13.8. The first kappa shape index (κ1) is 30.2. The van der Waals surface area contributed by atoms with E-state index < -0.39 is 0 Å². The van der Waals surface area contributed by atoms with Gasteiger partial charge in [-0.05, 0) is 108 Å². The molecule has 6 rings (SSSR count). The summed E-state index contributed by atoms with van der Waals surface area (Å²) in [6.45, 7) is 9.79. The number of allylic oxidation sites excluding steroid dienone is 8. The van der Waals surface area contributed by atoms with Gasteiger partial charge in [0.1, 0.15) is 0 Å². The van der Waals surface area contributed by atoms with Gasteiger partial charge in [-0.2, -0.15) is 0 Å². The van der Waals surface area contributed by atoms with E-state index in [1.54, 1.807) is 0 Å². The van der Waals surface area contributed by atoms with E-state index in [1.807, 2.05) is 0 Å². The van der Waals surface area contributed by atoms with E-state index in [1.165, 1.54) is 61.5 Å². The molecule has 2 aliphatic carbocycles. The molecule has 2 heteroatoms. The number of benzene rings is 4. The molecular formula is C43H44N2. The topological polar surface area (TPSA) is 15.3 Å². The van der Waals surface area contributed by atoms with Crippen LogP contribution in [0, 0.1) is 13.8 Å². The van der Waals surface area contributed by atoms with Gasteiger partial charge in [-0.25, -0.2) is 0 Å². The maximum atomic E-state index is 3.53. The largest absolute Gasteiger partial charge is 0.360 e. The van der Waals surface area contributed by atoms with Gasteiger partial charge >= 0.3 is 0 Å². The first-order valence-corrected chi connectivity index (χ1v) is 16.3. The Morgan fingerprint density at radius 3 is 2.22 bits per heavy atom. The van der Waals surface area contributed by atoms with Crippen LogP contribution < -0.4 is 5.32 Å². The molecular weight excluding hydrogens is 544 g/mol. The van der Waals surface area contributed by atoms with Gasteiger partial charge in [0.15, 0.2) is 0 Å². The van der Waals surface area contributed by atoms with Crippen LogP contribution in [0.5, 0.6) is 0 Å². The van der Waals surface area contributed by atoms with Crippen molar-refractivity contribution in [2.24, 2.45) is 0 Å². The predicted molar refractivity (Wildman–Crippen MR) is 194 cm³/mol. The smallest absolute Gasteiger partial charge is 0.0439 e. The van der Waals surface area contributed by atoms with Gasteiger partial charge in [-0.1, -0.05) is 110 Å². The highest BCUT2D eigenvalue weighted by atomic mass is 15.1. The Morgan fingerprint density at radius 1 is 0.778 bits per heavy atom. The van der Waals surface area contributed by atoms with Gasteiger partial charge in [0.05, 0.1) is 0 Å². The molecule has 0 amide bonds. The molecule has 1 unspecified atom stereocenters. The van der Waals surface area contributed by atoms with E-state index in [0.717, 1.165) is 25.8 Å². The summed E-state index contributed by atoms with van der Waals surface area (Å²) in [6, 6.07) is 33.4. The number of nitrogens with zero attached hydrogens (tertiary/aromatic N) is 1. The van der Waals surface area contributed by atoms with E-state index in [-0.39, 0.29) is 5.41 Å². The lowest BCUT2D eigenvalue weighted by Gasteiger charge is -2.34. The Balaban J connectivity index is 1.28. The minimum absolute atomic E-state index is 0.115. The van der Waals surface area contributed by atoms with Crippen LogP contribution in [0.25, 0.3) is 27.8 Å². The minimum Gasteiger partial charge on any atom is -0.360 e. The summed E-state index contributed by atoms with van der Waals surface area (Å²) in [7, 11) is 0. The molecule has 0 bridgehead atoms. The van der Waals surface area contributed by atoms with Crippen molar-refractivity contribution in [3.63, 3.8) is 0 Å². The third-order valence-electron chi connectivity index (χ3n) is 9.20. The minimum atomic E-state index is -0.115. The van der Waals surface area contributed by atoms with Crippen molar-refractivity contribution in [3.05, 3.63) is 168 Å². The number of para-hydroxylation sites is 1. The number of anilines is 1. The van der Waals surface area contributed by atoms with Gasteiger partial charge in [0.2, 0.25) is 0 Å². The van der Waals surface area contributed by atoms with E-state index >= 15 is 0 Å². The zero-order chi connectivity index (χ0) is 31.2. The first-order chi connectivity index (χ1) is 21.9. The van der Waals surface area contributed by atoms with Gasteiger partial charge in [-0.3, -0.25) is 0 Å². The molecule has 0 saturated heterocycles. The molecule has 0 aliphatic heterocycles. The van der Waals surface area contributed by atoms with E-state index in [4.69, 9.17) is 0 Å². The maximum absolute atomic E-state index is 3.53. The highest BCUT2D eigenvalue weighted by Gasteiger charge is 2.29. The van der Waals surface area contributed by atoms with Crippen LogP contribution in [0.1, 0.15) is 55.4 Å². The zero-order valence-corrected chi connectivity index (χ0v) is 27.1. The molecule has 0 saturated carbocycles. The summed E-state index contributed by atoms with van der Waals surface area (Å²) in [5.74, 6) is 0. The van der Waals surface area contributed by atoms with E-state index in [9.17, 15) is 0 Å². The quantitative estimate of drug-likeness (QED) is 0.209. The van der Waals surface area contributed by atoms with Crippen molar-refractivity contribution >= 4 is 11.3 Å². The van der Waals surface area contributed by atoms with Crippen LogP contribution in [0.2, 0.25) is 0 Å². The molecule has 226 valence electrons. The molecule has 0 radical (unpaired) electrons. The molecule has 2 nitrogen and oxygen atoms in total. The Bertz CT molecular complexity index is 1800. The Kier molecular flexibility index (Phi) is 9.03. The van der Waals surface area contributed by atoms with E-state index in [2.05, 4.69) is 178 Å². The normalized spacial score (nSPS) is 17.7. The highest BCUT2D eigenvalue weighted by Crippen LogP contribution is 2.39. The van der Waals surface area contributed by atoms with Gasteiger partial charge < -0.3 is 10.2 Å². The SMILES string of the molecule is CCN(/C=C\Nc1c(C)cccc1C)C1=CC=CC(C)(c2cccc(-c3cc(C4=CCCC=C4)cc(-c4ccccc4)c3)c2)C1. The Hall–Kier alpha value is -4.82. The molecule has 1 N–H and O–H groups in total. The number of hydrogen-bond donors (Lipinski definition) is 1. The monoisotopic (exact) mass is 588 g/mol. The van der Waals surface area contributed by atoms with Crippen molar-refractivity contribution in [3.8, 4) is 22.3 Å². The molecule has 2 aliphatic rings. The molecule has 45 heavy (non-hydrogen) atoms. The summed E-state index contributed by atoms with van der Waals surface area (Å²) < 4.78 is 0. The Morgan fingerprint density at radius 2 is 1.49 bits per heavy atom. The number of rotatable bonds is 9. The second-order valence-corrected chi connectivity index (χ2v) is 12.5. The molecule has 1 atom stereocenters. The molecule has 0 fully saturated rings. The standard InChI is InChI=1S/C43H44N2/c1-5-45(26-25-44-42-32(2)15-12-16-33(42)3)41-23-14-24-43(4,31-41)40-22-13-21-36(30-40)39-28-37(34-17-8-6-9-18-34)27-38(29-39)35-19-10-7-11-20-35/h6,8-10,12-30,44H,5,7,11,31H2,1-4H3/b26-25-. The maximum Gasteiger partial charge on any atom is 0.0439 e. The summed E-state index contributed by atoms with van der Waals surface area (Å²) in [6.07, 6.45) is 21.2. The average Bonchev–Trinajstić information content (AvgIpc) is 3.08. The van der Waals surface area contributed by atoms with E-state index in [0.29, 0.717) is 0 Å². The van der Waals surface area contributed by atoms with Gasteiger partial charge in [-0.15, -0.1) is 0 Å². The lowest BCUT2D eigenvalue weighted by atomic mass is 9.75. The van der Waals surface area contributed by atoms with Crippen LogP contribution in [0.3, 0.4) is 0 Å². The number of hydrogen-bond acceptors (Lipinski definition) is 2. The Labute approximate surface area is 269 Å². The molecule has 4 aromatic carbocycles. The summed E-state index contributed by atoms with van der Waals surface area (Å²) in [5, 5.41) is 3.53. The molecule has 0 aromatic heterocycles. The van der Waals surface area contributed by atoms with Crippen LogP contribution in [0.4, 0.5) is 5.69 Å². The van der Waals surface area contributed by atoms with Crippen LogP contribution in [0.15, 0.2) is 146 Å². The fourth-order valence-electron chi connectivity index (χ4n) is 6.56. The van der Waals surface area contributed by atoms with Crippen molar-refractivity contribution in [2.45, 2.75) is 52.4 Å². The number of aryl methyl sites for hydroxylation is 2.